The van der Waals surface area contributed by atoms with Gasteiger partial charge in [0.1, 0.15) is 4.99 Å². The number of hydrogen-bond acceptors (Lipinski definition) is 2. The molecule has 3 heteroatoms. The van der Waals surface area contributed by atoms with Crippen LogP contribution in [0.1, 0.15) is 55.7 Å². The van der Waals surface area contributed by atoms with E-state index in [1.54, 1.807) is 0 Å². The minimum Gasteiger partial charge on any atom is -0.389 e. The van der Waals surface area contributed by atoms with E-state index >= 15 is 0 Å². The normalized spacial score (nSPS) is 10.6. The molecule has 1 aromatic rings. The molecule has 0 unspecified atom stereocenters. The van der Waals surface area contributed by atoms with Crippen molar-refractivity contribution in [3.8, 4) is 0 Å². The van der Waals surface area contributed by atoms with Gasteiger partial charge < -0.3 is 10.5 Å². The lowest BCUT2D eigenvalue weighted by Gasteiger charge is -2.09. The Labute approximate surface area is 122 Å². The Morgan fingerprint density at radius 1 is 1.21 bits per heavy atom. The van der Waals surface area contributed by atoms with Gasteiger partial charge in [0, 0.05) is 12.2 Å². The van der Waals surface area contributed by atoms with E-state index in [-0.39, 0.29) is 0 Å². The molecule has 0 fully saturated rings. The van der Waals surface area contributed by atoms with Crippen LogP contribution in [0.5, 0.6) is 0 Å². The Bertz CT molecular complexity index is 404. The lowest BCUT2D eigenvalue weighted by atomic mass is 10.1. The summed E-state index contributed by atoms with van der Waals surface area (Å²) < 4.78 is 5.72. The Kier molecular flexibility index (Phi) is 7.68. The van der Waals surface area contributed by atoms with E-state index in [1.165, 1.54) is 36.8 Å². The summed E-state index contributed by atoms with van der Waals surface area (Å²) in [4.78, 5) is 0.450. The van der Waals surface area contributed by atoms with Crippen molar-refractivity contribution in [2.24, 2.45) is 5.73 Å². The van der Waals surface area contributed by atoms with Gasteiger partial charge in [0.2, 0.25) is 0 Å². The van der Waals surface area contributed by atoms with Gasteiger partial charge in [-0.3, -0.25) is 0 Å². The largest absolute Gasteiger partial charge is 0.389 e. The van der Waals surface area contributed by atoms with Crippen molar-refractivity contribution in [2.45, 2.75) is 52.6 Å². The van der Waals surface area contributed by atoms with Crippen molar-refractivity contribution >= 4 is 17.2 Å². The maximum Gasteiger partial charge on any atom is 0.103 e. The van der Waals surface area contributed by atoms with Gasteiger partial charge in [0.25, 0.3) is 0 Å². The van der Waals surface area contributed by atoms with Crippen LogP contribution >= 0.6 is 12.2 Å². The average molecular weight is 279 g/mol. The van der Waals surface area contributed by atoms with Crippen molar-refractivity contribution in [3.05, 3.63) is 34.9 Å². The molecule has 0 aliphatic rings. The minimum atomic E-state index is 0.450. The van der Waals surface area contributed by atoms with Gasteiger partial charge in [-0.2, -0.15) is 0 Å². The minimum absolute atomic E-state index is 0.450. The maximum atomic E-state index is 5.72. The van der Waals surface area contributed by atoms with E-state index in [2.05, 4.69) is 19.9 Å². The number of ether oxygens (including phenoxy) is 1. The summed E-state index contributed by atoms with van der Waals surface area (Å²) in [6.45, 7) is 5.83. The summed E-state index contributed by atoms with van der Waals surface area (Å²) >= 11 is 4.97. The fourth-order valence-corrected chi connectivity index (χ4v) is 2.13. The number of rotatable bonds is 9. The molecule has 19 heavy (non-hydrogen) atoms. The Hall–Kier alpha value is -0.930. The summed E-state index contributed by atoms with van der Waals surface area (Å²) in [5, 5.41) is 0. The standard InChI is InChI=1S/C16H25NOS/c1-3-4-5-6-7-10-18-12-15-9-8-14(16(17)19)11-13(15)2/h8-9,11H,3-7,10,12H2,1-2H3,(H2,17,19). The van der Waals surface area contributed by atoms with Crippen LogP contribution in [0.3, 0.4) is 0 Å². The zero-order valence-corrected chi connectivity index (χ0v) is 12.9. The van der Waals surface area contributed by atoms with E-state index in [0.29, 0.717) is 11.6 Å². The zero-order valence-electron chi connectivity index (χ0n) is 12.1. The van der Waals surface area contributed by atoms with Crippen LogP contribution in [0.25, 0.3) is 0 Å². The molecule has 0 heterocycles. The van der Waals surface area contributed by atoms with Crippen LogP contribution < -0.4 is 5.73 Å². The Morgan fingerprint density at radius 2 is 1.95 bits per heavy atom. The van der Waals surface area contributed by atoms with Crippen LogP contribution in [0, 0.1) is 6.92 Å². The van der Waals surface area contributed by atoms with Crippen LogP contribution in [0.2, 0.25) is 0 Å². The number of benzene rings is 1. The molecular formula is C16H25NOS. The maximum absolute atomic E-state index is 5.72. The third kappa shape index (κ3) is 6.17. The number of unbranched alkanes of at least 4 members (excludes halogenated alkanes) is 4. The molecule has 0 aromatic heterocycles. The van der Waals surface area contributed by atoms with Crippen molar-refractivity contribution in [3.63, 3.8) is 0 Å². The van der Waals surface area contributed by atoms with Crippen molar-refractivity contribution in [1.29, 1.82) is 0 Å². The van der Waals surface area contributed by atoms with Crippen LogP contribution in [0.15, 0.2) is 18.2 Å². The van der Waals surface area contributed by atoms with Crippen molar-refractivity contribution in [2.75, 3.05) is 6.61 Å². The molecule has 2 nitrogen and oxygen atoms in total. The first-order valence-electron chi connectivity index (χ1n) is 7.12. The van der Waals surface area contributed by atoms with E-state index in [0.717, 1.165) is 18.6 Å². The van der Waals surface area contributed by atoms with Gasteiger partial charge in [0.05, 0.1) is 6.61 Å². The molecule has 106 valence electrons. The molecule has 0 amide bonds. The number of thiocarbonyl (C=S) groups is 1. The lowest BCUT2D eigenvalue weighted by molar-refractivity contribution is 0.116. The highest BCUT2D eigenvalue weighted by Gasteiger charge is 2.02. The average Bonchev–Trinajstić information content (AvgIpc) is 2.39. The molecular weight excluding hydrogens is 254 g/mol. The summed E-state index contributed by atoms with van der Waals surface area (Å²) in [5.74, 6) is 0. The first-order chi connectivity index (χ1) is 9.15. The first kappa shape index (κ1) is 16.1. The second kappa shape index (κ2) is 9.05. The van der Waals surface area contributed by atoms with Crippen molar-refractivity contribution in [1.82, 2.24) is 0 Å². The van der Waals surface area contributed by atoms with Crippen LogP contribution in [-0.4, -0.2) is 11.6 Å². The molecule has 0 aliphatic carbocycles. The highest BCUT2D eigenvalue weighted by atomic mass is 32.1. The third-order valence-electron chi connectivity index (χ3n) is 3.28. The van der Waals surface area contributed by atoms with Gasteiger partial charge in [-0.25, -0.2) is 0 Å². The van der Waals surface area contributed by atoms with E-state index in [9.17, 15) is 0 Å². The SMILES string of the molecule is CCCCCCCOCc1ccc(C(N)=S)cc1C. The fourth-order valence-electron chi connectivity index (χ4n) is 2.00. The van der Waals surface area contributed by atoms with E-state index < -0.39 is 0 Å². The molecule has 0 aliphatic heterocycles. The molecule has 0 radical (unpaired) electrons. The molecule has 0 saturated heterocycles. The van der Waals surface area contributed by atoms with Gasteiger partial charge in [-0.1, -0.05) is 57.0 Å². The fraction of sp³-hybridized carbons (Fsp3) is 0.562. The van der Waals surface area contributed by atoms with Crippen LogP contribution in [-0.2, 0) is 11.3 Å². The molecule has 0 bridgehead atoms. The molecule has 2 N–H and O–H groups in total. The first-order valence-corrected chi connectivity index (χ1v) is 7.53. The second-order valence-electron chi connectivity index (χ2n) is 4.97. The quantitative estimate of drug-likeness (QED) is 0.545. The predicted molar refractivity (Wildman–Crippen MR) is 85.5 cm³/mol. The van der Waals surface area contributed by atoms with Crippen LogP contribution in [0.4, 0.5) is 0 Å². The molecule has 0 atom stereocenters. The summed E-state index contributed by atoms with van der Waals surface area (Å²) in [6, 6.07) is 6.05. The molecule has 0 spiro atoms. The molecule has 1 rings (SSSR count). The number of nitrogens with two attached hydrogens (primary N) is 1. The van der Waals surface area contributed by atoms with E-state index in [4.69, 9.17) is 22.7 Å². The molecule has 0 saturated carbocycles. The third-order valence-corrected chi connectivity index (χ3v) is 3.51. The molecule has 1 aromatic carbocycles. The van der Waals surface area contributed by atoms with E-state index in [1.807, 2.05) is 12.1 Å². The topological polar surface area (TPSA) is 35.2 Å². The monoisotopic (exact) mass is 279 g/mol. The zero-order chi connectivity index (χ0) is 14.1. The summed E-state index contributed by atoms with van der Waals surface area (Å²) in [5.41, 5.74) is 8.95. The van der Waals surface area contributed by atoms with Crippen molar-refractivity contribution < 1.29 is 4.74 Å². The van der Waals surface area contributed by atoms with Gasteiger partial charge in [-0.15, -0.1) is 0 Å². The number of aryl methyl sites for hydroxylation is 1. The Balaban J connectivity index is 2.28. The summed E-state index contributed by atoms with van der Waals surface area (Å²) in [6.07, 6.45) is 6.37. The predicted octanol–water partition coefficient (Wildman–Crippen LogP) is 4.12. The highest BCUT2D eigenvalue weighted by molar-refractivity contribution is 7.80. The van der Waals surface area contributed by atoms with Gasteiger partial charge in [0.15, 0.2) is 0 Å². The number of hydrogen-bond donors (Lipinski definition) is 1. The lowest BCUT2D eigenvalue weighted by Crippen LogP contribution is -2.10. The van der Waals surface area contributed by atoms with Gasteiger partial charge >= 0.3 is 0 Å². The highest BCUT2D eigenvalue weighted by Crippen LogP contribution is 2.13. The second-order valence-corrected chi connectivity index (χ2v) is 5.41. The summed E-state index contributed by atoms with van der Waals surface area (Å²) in [7, 11) is 0. The Morgan fingerprint density at radius 3 is 2.58 bits per heavy atom. The smallest absolute Gasteiger partial charge is 0.103 e. The van der Waals surface area contributed by atoms with Gasteiger partial charge in [-0.05, 0) is 30.5 Å².